The van der Waals surface area contributed by atoms with Gasteiger partial charge in [0.05, 0.1) is 19.3 Å². The van der Waals surface area contributed by atoms with Gasteiger partial charge in [0.25, 0.3) is 0 Å². The number of fused-ring (bicyclic) bond motifs is 5. The molecule has 3 saturated heterocycles. The van der Waals surface area contributed by atoms with Crippen LogP contribution in [0.3, 0.4) is 0 Å². The van der Waals surface area contributed by atoms with Gasteiger partial charge in [0, 0.05) is 48.5 Å². The minimum Gasteiger partial charge on any atom is -0.463 e. The van der Waals surface area contributed by atoms with Crippen LogP contribution in [0.2, 0.25) is 0 Å². The second-order valence-corrected chi connectivity index (χ2v) is 24.3. The van der Waals surface area contributed by atoms with Crippen LogP contribution in [0, 0.1) is 46.3 Å². The molecule has 0 aromatic carbocycles. The summed E-state index contributed by atoms with van der Waals surface area (Å²) in [6.45, 7) is 17.8. The monoisotopic (exact) mass is 1140 g/mol. The van der Waals surface area contributed by atoms with Gasteiger partial charge >= 0.3 is 41.8 Å². The molecular formula is C58H88O22. The van der Waals surface area contributed by atoms with Crippen molar-refractivity contribution in [2.75, 3.05) is 19.8 Å². The van der Waals surface area contributed by atoms with Gasteiger partial charge in [-0.15, -0.1) is 0 Å². The Morgan fingerprint density at radius 1 is 0.613 bits per heavy atom. The zero-order valence-electron chi connectivity index (χ0n) is 48.7. The molecule has 3 aliphatic heterocycles. The number of ether oxygens (including phenoxy) is 13. The Labute approximate surface area is 469 Å². The first kappa shape index (κ1) is 63.3. The second-order valence-electron chi connectivity index (χ2n) is 24.3. The van der Waals surface area contributed by atoms with Crippen LogP contribution in [0.5, 0.6) is 0 Å². The van der Waals surface area contributed by atoms with Gasteiger partial charge < -0.3 is 71.8 Å². The highest BCUT2D eigenvalue weighted by Crippen LogP contribution is 2.67. The first-order valence-corrected chi connectivity index (χ1v) is 28.8. The van der Waals surface area contributed by atoms with E-state index in [0.29, 0.717) is 53.8 Å². The molecule has 0 unspecified atom stereocenters. The van der Waals surface area contributed by atoms with E-state index in [0.717, 1.165) is 67.7 Å². The molecule has 0 amide bonds. The zero-order chi connectivity index (χ0) is 58.5. The summed E-state index contributed by atoms with van der Waals surface area (Å²) in [5.41, 5.74) is 1.46. The van der Waals surface area contributed by atoms with E-state index in [1.807, 2.05) is 0 Å². The highest BCUT2D eigenvalue weighted by atomic mass is 16.8. The third-order valence-electron chi connectivity index (χ3n) is 18.2. The van der Waals surface area contributed by atoms with Crippen molar-refractivity contribution in [3.05, 3.63) is 11.6 Å². The average molecular weight is 1140 g/mol. The van der Waals surface area contributed by atoms with Crippen LogP contribution in [0.25, 0.3) is 0 Å². The Hall–Kier alpha value is -4.29. The number of aliphatic hydroxyl groups is 2. The van der Waals surface area contributed by atoms with Crippen LogP contribution in [-0.2, 0) is 95.1 Å². The van der Waals surface area contributed by atoms with Crippen molar-refractivity contribution in [1.82, 2.24) is 0 Å². The number of rotatable bonds is 20. The lowest BCUT2D eigenvalue weighted by Gasteiger charge is -2.58. The van der Waals surface area contributed by atoms with Crippen LogP contribution in [0.4, 0.5) is 0 Å². The third-order valence-corrected chi connectivity index (χ3v) is 18.2. The topological polar surface area (TPSA) is 280 Å². The molecule has 4 aliphatic carbocycles. The summed E-state index contributed by atoms with van der Waals surface area (Å²) in [7, 11) is 0. The Kier molecular flexibility index (Phi) is 21.3. The van der Waals surface area contributed by atoms with Gasteiger partial charge in [0.15, 0.2) is 55.5 Å². The van der Waals surface area contributed by atoms with Crippen molar-refractivity contribution in [2.45, 2.75) is 246 Å². The van der Waals surface area contributed by atoms with Crippen molar-refractivity contribution in [2.24, 2.45) is 46.3 Å². The lowest BCUT2D eigenvalue weighted by molar-refractivity contribution is -0.391. The summed E-state index contributed by atoms with van der Waals surface area (Å²) in [5.74, 6) is -2.16. The summed E-state index contributed by atoms with van der Waals surface area (Å²) in [6.07, 6.45) is -9.45. The van der Waals surface area contributed by atoms with E-state index in [1.54, 1.807) is 0 Å². The first-order valence-electron chi connectivity index (χ1n) is 28.8. The molecule has 80 heavy (non-hydrogen) atoms. The first-order chi connectivity index (χ1) is 37.7. The maximum Gasteiger partial charge on any atom is 0.303 e. The molecule has 6 fully saturated rings. The predicted octanol–water partition coefficient (Wildman–Crippen LogP) is 5.50. The number of esters is 7. The summed E-state index contributed by atoms with van der Waals surface area (Å²) in [6, 6.07) is 0. The van der Waals surface area contributed by atoms with Gasteiger partial charge in [0.1, 0.15) is 37.1 Å². The lowest BCUT2D eigenvalue weighted by Crippen LogP contribution is -2.68. The van der Waals surface area contributed by atoms with Crippen LogP contribution < -0.4 is 0 Å². The average Bonchev–Trinajstić information content (AvgIpc) is 3.91. The molecule has 22 heteroatoms. The molecule has 22 atom stereocenters. The summed E-state index contributed by atoms with van der Waals surface area (Å²) < 4.78 is 78.2. The van der Waals surface area contributed by atoms with Crippen LogP contribution in [0.1, 0.15) is 154 Å². The van der Waals surface area contributed by atoms with E-state index in [4.69, 9.17) is 61.6 Å². The molecule has 7 rings (SSSR count). The van der Waals surface area contributed by atoms with Gasteiger partial charge in [-0.05, 0) is 97.7 Å². The van der Waals surface area contributed by atoms with Gasteiger partial charge in [-0.3, -0.25) is 33.6 Å². The van der Waals surface area contributed by atoms with Crippen LogP contribution in [0.15, 0.2) is 11.6 Å². The zero-order valence-corrected chi connectivity index (χ0v) is 48.7. The Morgan fingerprint density at radius 3 is 1.80 bits per heavy atom. The molecule has 0 aromatic rings. The number of aliphatic hydroxyl groups excluding tert-OH is 2. The minimum atomic E-state index is -1.86. The van der Waals surface area contributed by atoms with Crippen molar-refractivity contribution in [3.63, 3.8) is 0 Å². The molecule has 3 heterocycles. The molecule has 0 radical (unpaired) electrons. The van der Waals surface area contributed by atoms with Crippen LogP contribution >= 0.6 is 0 Å². The van der Waals surface area contributed by atoms with Crippen molar-refractivity contribution in [3.8, 4) is 0 Å². The minimum absolute atomic E-state index is 0.106. The standard InChI is InChI=1S/C58H88O22/c1-28(2)14-13-15-29(3)40-18-19-41-39-17-16-37-24-38(20-22-57(37,11)42(39)21-23-58(40,41)12)76-55-52(80-56-53(75-36(10)66)50(73-34(8)64)47(71-32(6)62)45(78-56)26-68-30(4)60)49(46(67)43(25-59)77-55)79-54-51(74-35(9)65)48(72-33(7)63)44(27-69-54)70-31(5)61/h16,28-29,38-56,59,67H,13-15,17-27H2,1-12H3/t29-,38+,39+,40-,41+,42+,43-,44-,45-,46-,47+,48+,49+,50+,51-,52-,53-,54+,55-,56+,57+,58-/m1/s1. The fraction of sp³-hybridized carbons (Fsp3) is 0.845. The van der Waals surface area contributed by atoms with Crippen molar-refractivity contribution >= 4 is 41.8 Å². The maximum absolute atomic E-state index is 13.0. The summed E-state index contributed by atoms with van der Waals surface area (Å²) in [4.78, 5) is 88.3. The highest BCUT2D eigenvalue weighted by molar-refractivity contribution is 5.69. The van der Waals surface area contributed by atoms with E-state index in [9.17, 15) is 43.8 Å². The molecule has 22 nitrogen and oxygen atoms in total. The van der Waals surface area contributed by atoms with E-state index in [2.05, 4.69) is 40.7 Å². The lowest BCUT2D eigenvalue weighted by atomic mass is 9.47. The number of hydrogen-bond donors (Lipinski definition) is 2. The largest absolute Gasteiger partial charge is 0.463 e. The number of hydrogen-bond acceptors (Lipinski definition) is 22. The SMILES string of the molecule is CC(=O)OC[C@H]1O[C@@H](O[C@H]2[C@H](O[C@H]3CC[C@@]4(C)C(=CC[C@H]5[C@@H]6CC[C@H]([C@H](C)CCCC(C)C)[C@@]6(C)CC[C@@H]54)C3)O[C@H](CO)[C@@H](O)[C@@H]2O[C@@H]2OC[C@@H](OC(C)=O)[C@H](OC(C)=O)[C@H]2OC(C)=O)[C@H](OC(C)=O)[C@@H](OC(C)=O)[C@H]1OC(C)=O. The van der Waals surface area contributed by atoms with E-state index >= 15 is 0 Å². The smallest absolute Gasteiger partial charge is 0.303 e. The summed E-state index contributed by atoms with van der Waals surface area (Å²) in [5, 5.41) is 23.1. The Balaban J connectivity index is 1.24. The molecule has 0 bridgehead atoms. The van der Waals surface area contributed by atoms with E-state index in [-0.39, 0.29) is 5.41 Å². The fourth-order valence-electron chi connectivity index (χ4n) is 14.8. The molecular weight excluding hydrogens is 1050 g/mol. The Morgan fingerprint density at radius 2 is 1.19 bits per heavy atom. The van der Waals surface area contributed by atoms with Gasteiger partial charge in [-0.2, -0.15) is 0 Å². The predicted molar refractivity (Wildman–Crippen MR) is 278 cm³/mol. The van der Waals surface area contributed by atoms with Gasteiger partial charge in [-0.25, -0.2) is 0 Å². The third kappa shape index (κ3) is 14.5. The Bertz CT molecular complexity index is 2240. The normalized spacial score (nSPS) is 39.9. The van der Waals surface area contributed by atoms with E-state index < -0.39 is 154 Å². The van der Waals surface area contributed by atoms with Gasteiger partial charge in [0.2, 0.25) is 0 Å². The van der Waals surface area contributed by atoms with Gasteiger partial charge in [-0.1, -0.05) is 65.5 Å². The fourth-order valence-corrected chi connectivity index (χ4v) is 14.8. The molecule has 7 aliphatic rings. The molecule has 3 saturated carbocycles. The molecule has 452 valence electrons. The maximum atomic E-state index is 13.0. The molecule has 2 N–H and O–H groups in total. The number of carbonyl (C=O) groups is 7. The van der Waals surface area contributed by atoms with E-state index in [1.165, 1.54) is 44.1 Å². The molecule has 0 spiro atoms. The second kappa shape index (κ2) is 27.0. The van der Waals surface area contributed by atoms with Crippen molar-refractivity contribution < 1.29 is 105 Å². The highest BCUT2D eigenvalue weighted by Gasteiger charge is 2.61. The van der Waals surface area contributed by atoms with Crippen molar-refractivity contribution in [1.29, 1.82) is 0 Å². The quantitative estimate of drug-likeness (QED) is 0.0865. The summed E-state index contributed by atoms with van der Waals surface area (Å²) >= 11 is 0. The molecule has 0 aromatic heterocycles. The number of carbonyl (C=O) groups excluding carboxylic acids is 7. The number of allylic oxidation sites excluding steroid dienone is 1. The van der Waals surface area contributed by atoms with Crippen LogP contribution in [-0.4, -0.2) is 164 Å².